The van der Waals surface area contributed by atoms with E-state index in [1.54, 1.807) is 13.0 Å². The lowest BCUT2D eigenvalue weighted by molar-refractivity contribution is -0.116. The number of hydrogen-bond donors (Lipinski definition) is 0. The smallest absolute Gasteiger partial charge is 0.248 e. The predicted molar refractivity (Wildman–Crippen MR) is 81.5 cm³/mol. The fourth-order valence-electron chi connectivity index (χ4n) is 2.15. The Morgan fingerprint density at radius 1 is 1.33 bits per heavy atom. The minimum atomic E-state index is -2.80. The number of aliphatic imine (C=N–C) groups is 1. The van der Waals surface area contributed by atoms with Crippen LogP contribution in [-0.2, 0) is 4.79 Å². The number of fused-ring (bicyclic) bond motifs is 1. The van der Waals surface area contributed by atoms with Crippen molar-refractivity contribution in [1.29, 1.82) is 0 Å². The number of benzodiazepines with no additional fused rings is 1. The standard InChI is InChI=1S/C17H15FN2O/c1-11-7-8-15-13(9-11)17(19-10-16(21)20(15)2)12-5-3-4-6-14(12)18/h3-9H,10H2,1-2H3/i2D3,3D,4D,5D,6D. The van der Waals surface area contributed by atoms with E-state index in [2.05, 4.69) is 4.99 Å². The number of nitrogens with zero attached hydrogens (tertiary/aromatic N) is 2. The fourth-order valence-corrected chi connectivity index (χ4v) is 2.15. The average molecular weight is 289 g/mol. The molecule has 21 heavy (non-hydrogen) atoms. The van der Waals surface area contributed by atoms with E-state index < -0.39 is 55.0 Å². The summed E-state index contributed by atoms with van der Waals surface area (Å²) in [7, 11) is 0. The van der Waals surface area contributed by atoms with E-state index >= 15 is 0 Å². The molecule has 3 nitrogen and oxygen atoms in total. The summed E-state index contributed by atoms with van der Waals surface area (Å²) in [6, 6.07) is 1.60. The van der Waals surface area contributed by atoms with Gasteiger partial charge in [-0.15, -0.1) is 0 Å². The second kappa shape index (κ2) is 5.13. The SMILES string of the molecule is [2H]c1c([2H])c([2H])c(C2=NCC(=O)N(C([2H])([2H])[2H])c3ccc(C)cc32)c(F)c1[2H]. The molecule has 0 unspecified atom stereocenters. The van der Waals surface area contributed by atoms with Crippen LogP contribution < -0.4 is 4.90 Å². The van der Waals surface area contributed by atoms with Crippen LogP contribution in [0.2, 0.25) is 0 Å². The first-order valence-electron chi connectivity index (χ1n) is 9.70. The number of halogens is 1. The van der Waals surface area contributed by atoms with E-state index in [0.29, 0.717) is 10.5 Å². The van der Waals surface area contributed by atoms with E-state index in [0.717, 1.165) is 0 Å². The fraction of sp³-hybridized carbons (Fsp3) is 0.176. The zero-order valence-electron chi connectivity index (χ0n) is 18.1. The normalized spacial score (nSPS) is 19.9. The molecule has 0 aliphatic carbocycles. The lowest BCUT2D eigenvalue weighted by Gasteiger charge is -2.18. The van der Waals surface area contributed by atoms with Crippen LogP contribution in [-0.4, -0.2) is 25.1 Å². The van der Waals surface area contributed by atoms with E-state index in [1.165, 1.54) is 12.1 Å². The molecule has 0 bridgehead atoms. The summed E-state index contributed by atoms with van der Waals surface area (Å²) in [6.07, 6.45) is 0. The molecule has 0 fully saturated rings. The van der Waals surface area contributed by atoms with Crippen LogP contribution in [0.5, 0.6) is 0 Å². The molecular formula is C17H15FN2O. The molecule has 0 saturated carbocycles. The van der Waals surface area contributed by atoms with Gasteiger partial charge in [0, 0.05) is 22.2 Å². The van der Waals surface area contributed by atoms with Gasteiger partial charge < -0.3 is 4.90 Å². The maximum atomic E-state index is 14.8. The molecule has 1 amide bonds. The zero-order chi connectivity index (χ0) is 21.0. The number of anilines is 1. The minimum Gasteiger partial charge on any atom is -0.313 e. The quantitative estimate of drug-likeness (QED) is 0.794. The van der Waals surface area contributed by atoms with Crippen LogP contribution in [0.1, 0.15) is 26.3 Å². The van der Waals surface area contributed by atoms with Gasteiger partial charge in [0.05, 0.1) is 16.9 Å². The van der Waals surface area contributed by atoms with Crippen LogP contribution in [0.4, 0.5) is 10.1 Å². The highest BCUT2D eigenvalue weighted by molar-refractivity contribution is 6.19. The molecule has 0 saturated heterocycles. The highest BCUT2D eigenvalue weighted by Crippen LogP contribution is 2.27. The van der Waals surface area contributed by atoms with Crippen molar-refractivity contribution >= 4 is 17.3 Å². The van der Waals surface area contributed by atoms with Gasteiger partial charge in [-0.05, 0) is 31.1 Å². The van der Waals surface area contributed by atoms with Gasteiger partial charge in [0.2, 0.25) is 5.91 Å². The largest absolute Gasteiger partial charge is 0.313 e. The van der Waals surface area contributed by atoms with E-state index in [4.69, 9.17) is 9.60 Å². The summed E-state index contributed by atoms with van der Waals surface area (Å²) in [5, 5.41) is 0. The van der Waals surface area contributed by atoms with Crippen molar-refractivity contribution in [2.45, 2.75) is 6.92 Å². The van der Waals surface area contributed by atoms with Crippen LogP contribution >= 0.6 is 0 Å². The molecule has 0 aromatic heterocycles. The Morgan fingerprint density at radius 3 is 2.95 bits per heavy atom. The van der Waals surface area contributed by atoms with E-state index in [-0.39, 0.29) is 17.0 Å². The molecule has 2 aromatic rings. The molecule has 106 valence electrons. The lowest BCUT2D eigenvalue weighted by Crippen LogP contribution is -2.27. The lowest BCUT2D eigenvalue weighted by atomic mass is 9.98. The molecule has 0 spiro atoms. The van der Waals surface area contributed by atoms with Gasteiger partial charge in [0.25, 0.3) is 0 Å². The summed E-state index contributed by atoms with van der Waals surface area (Å²) in [5.74, 6) is -2.05. The number of carbonyl (C=O) groups excluding carboxylic acids is 1. The van der Waals surface area contributed by atoms with Crippen molar-refractivity contribution in [3.63, 3.8) is 0 Å². The Morgan fingerprint density at radius 2 is 2.14 bits per heavy atom. The summed E-state index contributed by atoms with van der Waals surface area (Å²) >= 11 is 0. The Hall–Kier alpha value is -2.49. The zero-order valence-corrected chi connectivity index (χ0v) is 11.1. The highest BCUT2D eigenvalue weighted by Gasteiger charge is 2.23. The number of amides is 1. The molecule has 0 radical (unpaired) electrons. The molecule has 1 aliphatic rings. The first-order chi connectivity index (χ1) is 12.9. The Labute approximate surface area is 132 Å². The number of likely N-dealkylation sites (N-methyl/N-ethyl adjacent to an activating group) is 1. The first-order valence-corrected chi connectivity index (χ1v) is 6.20. The van der Waals surface area contributed by atoms with Gasteiger partial charge in [-0.3, -0.25) is 9.79 Å². The van der Waals surface area contributed by atoms with Gasteiger partial charge >= 0.3 is 0 Å². The Bertz CT molecular complexity index is 1000. The molecule has 4 heteroatoms. The predicted octanol–water partition coefficient (Wildman–Crippen LogP) is 2.95. The second-order valence-electron chi connectivity index (χ2n) is 4.60. The van der Waals surface area contributed by atoms with Crippen LogP contribution in [0, 0.1) is 12.7 Å². The van der Waals surface area contributed by atoms with Gasteiger partial charge in [0.15, 0.2) is 0 Å². The molecule has 0 N–H and O–H groups in total. The summed E-state index contributed by atoms with van der Waals surface area (Å²) < 4.78 is 69.1. The van der Waals surface area contributed by atoms with E-state index in [9.17, 15) is 9.18 Å². The third kappa shape index (κ3) is 2.33. The van der Waals surface area contributed by atoms with Crippen molar-refractivity contribution in [2.75, 3.05) is 18.4 Å². The van der Waals surface area contributed by atoms with Gasteiger partial charge in [-0.25, -0.2) is 4.39 Å². The molecule has 1 heterocycles. The Kier molecular flexibility index (Phi) is 1.83. The highest BCUT2D eigenvalue weighted by atomic mass is 19.1. The number of carbonyl (C=O) groups is 1. The van der Waals surface area contributed by atoms with Crippen LogP contribution in [0.25, 0.3) is 0 Å². The van der Waals surface area contributed by atoms with E-state index in [1.807, 2.05) is 0 Å². The summed E-state index contributed by atoms with van der Waals surface area (Å²) in [5.41, 5.74) is 0.0541. The van der Waals surface area contributed by atoms with Crippen molar-refractivity contribution in [3.8, 4) is 0 Å². The van der Waals surface area contributed by atoms with Gasteiger partial charge in [-0.2, -0.15) is 0 Å². The number of benzene rings is 2. The molecule has 0 atom stereocenters. The van der Waals surface area contributed by atoms with Crippen molar-refractivity contribution in [3.05, 3.63) is 64.9 Å². The summed E-state index contributed by atoms with van der Waals surface area (Å²) in [4.78, 5) is 17.1. The van der Waals surface area contributed by atoms with Crippen molar-refractivity contribution in [1.82, 2.24) is 0 Å². The molecule has 3 rings (SSSR count). The van der Waals surface area contributed by atoms with Crippen molar-refractivity contribution < 1.29 is 18.8 Å². The average Bonchev–Trinajstić information content (AvgIpc) is 2.75. The number of aryl methyl sites for hydroxylation is 1. The van der Waals surface area contributed by atoms with Gasteiger partial charge in [0.1, 0.15) is 12.4 Å². The minimum absolute atomic E-state index is 0.0290. The number of rotatable bonds is 1. The molecule has 1 aliphatic heterocycles. The third-order valence-corrected chi connectivity index (χ3v) is 3.15. The molecular weight excluding hydrogens is 267 g/mol. The van der Waals surface area contributed by atoms with Crippen LogP contribution in [0.3, 0.4) is 0 Å². The first kappa shape index (κ1) is 7.50. The van der Waals surface area contributed by atoms with Gasteiger partial charge in [-0.1, -0.05) is 23.7 Å². The topological polar surface area (TPSA) is 32.7 Å². The monoisotopic (exact) mass is 289 g/mol. The van der Waals surface area contributed by atoms with Crippen LogP contribution in [0.15, 0.2) is 47.4 Å². The molecule has 2 aromatic carbocycles. The third-order valence-electron chi connectivity index (χ3n) is 3.15. The maximum Gasteiger partial charge on any atom is 0.248 e. The van der Waals surface area contributed by atoms with Crippen molar-refractivity contribution in [2.24, 2.45) is 4.99 Å². The maximum absolute atomic E-state index is 14.8. The second-order valence-corrected chi connectivity index (χ2v) is 4.60. The summed E-state index contributed by atoms with van der Waals surface area (Å²) in [6.45, 7) is -1.70. The number of hydrogen-bond acceptors (Lipinski definition) is 2. The Balaban J connectivity index is 2.38.